The minimum atomic E-state index is -5.14. The molecule has 0 spiro atoms. The minimum Gasteiger partial charge on any atom is -0.493 e. The molecule has 1 atom stereocenters. The van der Waals surface area contributed by atoms with E-state index in [9.17, 15) is 43.5 Å². The number of hydrogen-bond donors (Lipinski definition) is 0. The number of ether oxygens (including phenoxy) is 3. The summed E-state index contributed by atoms with van der Waals surface area (Å²) >= 11 is 0. The molecule has 2 heterocycles. The standard InChI is InChI=1S/C25H16F8O6S/c26-19-20(27)22(29)24(23(30)21(19)28)39-40(34,35)13-2-4-15-14(5-6-37-17(15)8-13)16-3-1-11(25(31,32)33)7-18(16)38-12-9-36-10-12/h1-4,7-8,12,14H,5-6,9-10H2. The van der Waals surface area contributed by atoms with Crippen LogP contribution in [0.15, 0.2) is 41.3 Å². The predicted molar refractivity (Wildman–Crippen MR) is 119 cm³/mol. The molecular weight excluding hydrogens is 580 g/mol. The first kappa shape index (κ1) is 28.0. The molecule has 3 aromatic rings. The van der Waals surface area contributed by atoms with Crippen molar-refractivity contribution < 1.29 is 61.9 Å². The van der Waals surface area contributed by atoms with E-state index in [4.69, 9.17) is 14.2 Å². The van der Waals surface area contributed by atoms with Gasteiger partial charge in [0.05, 0.1) is 25.4 Å². The second-order valence-electron chi connectivity index (χ2n) is 8.85. The first-order valence-corrected chi connectivity index (χ1v) is 12.9. The second kappa shape index (κ2) is 10.1. The molecule has 1 fully saturated rings. The SMILES string of the molecule is O=S(=O)(Oc1c(F)c(F)c(F)c(F)c1F)c1ccc2c(c1)OCCC2c1ccc(C(F)(F)F)cc1OC1COC1. The molecule has 2 aliphatic rings. The van der Waals surface area contributed by atoms with E-state index in [1.165, 1.54) is 12.1 Å². The first-order valence-electron chi connectivity index (χ1n) is 11.5. The zero-order valence-electron chi connectivity index (χ0n) is 19.8. The molecule has 1 saturated heterocycles. The van der Waals surface area contributed by atoms with Crippen LogP contribution in [0.3, 0.4) is 0 Å². The van der Waals surface area contributed by atoms with E-state index in [0.29, 0.717) is 11.1 Å². The van der Waals surface area contributed by atoms with Gasteiger partial charge in [-0.3, -0.25) is 0 Å². The molecule has 0 bridgehead atoms. The largest absolute Gasteiger partial charge is 0.493 e. The van der Waals surface area contributed by atoms with Crippen molar-refractivity contribution >= 4 is 10.1 Å². The quantitative estimate of drug-likeness (QED) is 0.154. The highest BCUT2D eigenvalue weighted by atomic mass is 32.2. The molecule has 214 valence electrons. The highest BCUT2D eigenvalue weighted by molar-refractivity contribution is 7.87. The van der Waals surface area contributed by atoms with Crippen LogP contribution < -0.4 is 13.7 Å². The van der Waals surface area contributed by atoms with Gasteiger partial charge in [-0.2, -0.15) is 30.4 Å². The van der Waals surface area contributed by atoms with Crippen molar-refractivity contribution in [3.05, 3.63) is 82.2 Å². The summed E-state index contributed by atoms with van der Waals surface area (Å²) in [5, 5.41) is 0. The maximum atomic E-state index is 14.0. The molecule has 15 heteroatoms. The number of rotatable bonds is 6. The van der Waals surface area contributed by atoms with E-state index in [-0.39, 0.29) is 37.7 Å². The zero-order valence-corrected chi connectivity index (χ0v) is 20.6. The Bertz CT molecular complexity index is 1560. The summed E-state index contributed by atoms with van der Waals surface area (Å²) in [5.41, 5.74) is -0.237. The van der Waals surface area contributed by atoms with Gasteiger partial charge in [-0.25, -0.2) is 13.2 Å². The van der Waals surface area contributed by atoms with Crippen LogP contribution >= 0.6 is 0 Å². The third kappa shape index (κ3) is 5.03. The number of alkyl halides is 3. The Labute approximate surface area is 221 Å². The number of hydrogen-bond acceptors (Lipinski definition) is 6. The van der Waals surface area contributed by atoms with Crippen LogP contribution in [-0.2, 0) is 21.0 Å². The highest BCUT2D eigenvalue weighted by Gasteiger charge is 2.36. The third-order valence-corrected chi connectivity index (χ3v) is 7.51. The Morgan fingerprint density at radius 1 is 0.825 bits per heavy atom. The average Bonchev–Trinajstić information content (AvgIpc) is 2.89. The van der Waals surface area contributed by atoms with Gasteiger partial charge in [0, 0.05) is 23.1 Å². The molecule has 0 aromatic heterocycles. The van der Waals surface area contributed by atoms with Crippen LogP contribution in [0, 0.1) is 29.1 Å². The van der Waals surface area contributed by atoms with Gasteiger partial charge in [-0.05, 0) is 24.6 Å². The molecule has 0 saturated carbocycles. The van der Waals surface area contributed by atoms with Gasteiger partial charge in [-0.1, -0.05) is 12.1 Å². The van der Waals surface area contributed by atoms with E-state index in [1.54, 1.807) is 0 Å². The van der Waals surface area contributed by atoms with Crippen LogP contribution in [0.5, 0.6) is 17.2 Å². The van der Waals surface area contributed by atoms with Crippen molar-refractivity contribution in [2.45, 2.75) is 29.5 Å². The lowest BCUT2D eigenvalue weighted by atomic mass is 9.85. The van der Waals surface area contributed by atoms with Crippen molar-refractivity contribution in [1.82, 2.24) is 0 Å². The number of fused-ring (bicyclic) bond motifs is 1. The summed E-state index contributed by atoms with van der Waals surface area (Å²) in [5.74, 6) is -15.0. The monoisotopic (exact) mass is 596 g/mol. The van der Waals surface area contributed by atoms with Crippen LogP contribution in [-0.4, -0.2) is 34.3 Å². The summed E-state index contributed by atoms with van der Waals surface area (Å²) in [6, 6.07) is 6.07. The molecule has 2 aliphatic heterocycles. The fourth-order valence-electron chi connectivity index (χ4n) is 4.23. The maximum absolute atomic E-state index is 14.0. The highest BCUT2D eigenvalue weighted by Crippen LogP contribution is 2.45. The molecule has 0 amide bonds. The molecule has 1 unspecified atom stereocenters. The molecule has 6 nitrogen and oxygen atoms in total. The molecular formula is C25H16F8O6S. The zero-order chi connectivity index (χ0) is 29.0. The van der Waals surface area contributed by atoms with E-state index in [0.717, 1.165) is 24.3 Å². The Morgan fingerprint density at radius 2 is 1.45 bits per heavy atom. The van der Waals surface area contributed by atoms with Gasteiger partial charge in [0.25, 0.3) is 0 Å². The van der Waals surface area contributed by atoms with Gasteiger partial charge in [0.2, 0.25) is 34.8 Å². The molecule has 5 rings (SSSR count). The van der Waals surface area contributed by atoms with Crippen molar-refractivity contribution in [3.63, 3.8) is 0 Å². The van der Waals surface area contributed by atoms with Gasteiger partial charge < -0.3 is 18.4 Å². The molecule has 40 heavy (non-hydrogen) atoms. The topological polar surface area (TPSA) is 71.1 Å². The van der Waals surface area contributed by atoms with Crippen LogP contribution in [0.2, 0.25) is 0 Å². The maximum Gasteiger partial charge on any atom is 0.416 e. The third-order valence-electron chi connectivity index (χ3n) is 6.29. The van der Waals surface area contributed by atoms with E-state index >= 15 is 0 Å². The molecule has 0 aliphatic carbocycles. The minimum absolute atomic E-state index is 0.00727. The lowest BCUT2D eigenvalue weighted by Gasteiger charge is -2.31. The number of halogens is 8. The summed E-state index contributed by atoms with van der Waals surface area (Å²) < 4.78 is 154. The molecule has 0 N–H and O–H groups in total. The normalized spacial score (nSPS) is 17.6. The fourth-order valence-corrected chi connectivity index (χ4v) is 5.17. The Morgan fingerprint density at radius 3 is 2.05 bits per heavy atom. The molecule has 3 aromatic carbocycles. The fraction of sp³-hybridized carbons (Fsp3) is 0.280. The second-order valence-corrected chi connectivity index (χ2v) is 10.4. The van der Waals surface area contributed by atoms with Gasteiger partial charge in [0.1, 0.15) is 22.5 Å². The Balaban J connectivity index is 1.50. The summed E-state index contributed by atoms with van der Waals surface area (Å²) in [6.45, 7) is 0.362. The van der Waals surface area contributed by atoms with Crippen molar-refractivity contribution in [3.8, 4) is 17.2 Å². The number of benzene rings is 3. The summed E-state index contributed by atoms with van der Waals surface area (Å²) in [6.07, 6.45) is -4.84. The van der Waals surface area contributed by atoms with Crippen molar-refractivity contribution in [1.29, 1.82) is 0 Å². The van der Waals surface area contributed by atoms with Crippen LogP contribution in [0.25, 0.3) is 0 Å². The van der Waals surface area contributed by atoms with Gasteiger partial charge >= 0.3 is 16.3 Å². The Hall–Kier alpha value is -3.59. The van der Waals surface area contributed by atoms with E-state index in [2.05, 4.69) is 4.18 Å². The average molecular weight is 596 g/mol. The first-order chi connectivity index (χ1) is 18.8. The van der Waals surface area contributed by atoms with E-state index in [1.807, 2.05) is 0 Å². The van der Waals surface area contributed by atoms with Gasteiger partial charge in [0.15, 0.2) is 0 Å². The Kier molecular flexibility index (Phi) is 7.06. The lowest BCUT2D eigenvalue weighted by molar-refractivity contribution is -0.138. The van der Waals surface area contributed by atoms with Crippen LogP contribution in [0.1, 0.15) is 29.0 Å². The van der Waals surface area contributed by atoms with Gasteiger partial charge in [-0.15, -0.1) is 0 Å². The van der Waals surface area contributed by atoms with Crippen molar-refractivity contribution in [2.75, 3.05) is 19.8 Å². The summed E-state index contributed by atoms with van der Waals surface area (Å²) in [4.78, 5) is -0.744. The lowest BCUT2D eigenvalue weighted by Crippen LogP contribution is -2.39. The van der Waals surface area contributed by atoms with Crippen LogP contribution in [0.4, 0.5) is 35.1 Å². The van der Waals surface area contributed by atoms with Crippen molar-refractivity contribution in [2.24, 2.45) is 0 Å². The van der Waals surface area contributed by atoms with E-state index < -0.39 is 73.6 Å². The predicted octanol–water partition coefficient (Wildman–Crippen LogP) is 5.86. The smallest absolute Gasteiger partial charge is 0.416 e. The summed E-state index contributed by atoms with van der Waals surface area (Å²) in [7, 11) is -5.14. The molecule has 0 radical (unpaired) electrons.